The first-order valence-corrected chi connectivity index (χ1v) is 6.89. The first-order chi connectivity index (χ1) is 8.38. The Labute approximate surface area is 110 Å². The molecule has 0 radical (unpaired) electrons. The second-order valence-corrected chi connectivity index (χ2v) is 7.08. The molecule has 2 aromatic rings. The number of hydrogen-bond acceptors (Lipinski definition) is 3. The summed E-state index contributed by atoms with van der Waals surface area (Å²) in [6, 6.07) is 3.96. The van der Waals surface area contributed by atoms with Gasteiger partial charge in [0.05, 0.1) is 5.71 Å². The molecule has 0 saturated heterocycles. The van der Waals surface area contributed by atoms with Gasteiger partial charge in [0.15, 0.2) is 0 Å². The molecule has 0 saturated carbocycles. The van der Waals surface area contributed by atoms with Gasteiger partial charge in [-0.1, -0.05) is 4.40 Å². The van der Waals surface area contributed by atoms with Crippen molar-refractivity contribution in [3.05, 3.63) is 30.1 Å². The Bertz CT molecular complexity index is 583. The van der Waals surface area contributed by atoms with Gasteiger partial charge in [-0.15, -0.1) is 0 Å². The summed E-state index contributed by atoms with van der Waals surface area (Å²) >= 11 is -1.24. The van der Waals surface area contributed by atoms with Crippen molar-refractivity contribution in [2.45, 2.75) is 32.4 Å². The van der Waals surface area contributed by atoms with Crippen molar-refractivity contribution in [2.24, 2.45) is 4.40 Å². The monoisotopic (exact) mass is 263 g/mol. The van der Waals surface area contributed by atoms with Gasteiger partial charge in [-0.3, -0.25) is 0 Å². The molecule has 0 aliphatic heterocycles. The van der Waals surface area contributed by atoms with Crippen LogP contribution in [-0.2, 0) is 11.4 Å². The van der Waals surface area contributed by atoms with Crippen molar-refractivity contribution in [2.75, 3.05) is 0 Å². The highest BCUT2D eigenvalue weighted by atomic mass is 32.2. The molecule has 0 unspecified atom stereocenters. The number of nitrogens with zero attached hydrogens (tertiary/aromatic N) is 2. The molecule has 1 atom stereocenters. The number of fused-ring (bicyclic) bond motifs is 1. The zero-order chi connectivity index (χ0) is 13.3. The molecule has 96 valence electrons. The number of pyridine rings is 1. The molecule has 0 spiro atoms. The lowest BCUT2D eigenvalue weighted by atomic mass is 10.2. The Kier molecular flexibility index (Phi) is 3.45. The minimum Gasteiger partial charge on any atom is -0.591 e. The van der Waals surface area contributed by atoms with Crippen LogP contribution in [-0.4, -0.2) is 25.0 Å². The van der Waals surface area contributed by atoms with Crippen LogP contribution in [0.2, 0.25) is 0 Å². The Balaban J connectivity index is 2.32. The molecule has 0 amide bonds. The third kappa shape index (κ3) is 2.73. The molecule has 2 rings (SSSR count). The molecule has 0 aliphatic rings. The van der Waals surface area contributed by atoms with Gasteiger partial charge in [-0.25, -0.2) is 4.98 Å². The SMILES string of the molecule is C/C(=N\[S@@+]([O-])C(C)(C)C)c1cnc2[nH]ccc2c1. The predicted octanol–water partition coefficient (Wildman–Crippen LogP) is 2.83. The molecular weight excluding hydrogens is 246 g/mol. The fraction of sp³-hybridized carbons (Fsp3) is 0.385. The second kappa shape index (κ2) is 4.74. The zero-order valence-corrected chi connectivity index (χ0v) is 11.8. The summed E-state index contributed by atoms with van der Waals surface area (Å²) in [6.07, 6.45) is 3.60. The van der Waals surface area contributed by atoms with Gasteiger partial charge in [0.2, 0.25) is 0 Å². The lowest BCUT2D eigenvalue weighted by Gasteiger charge is -2.18. The lowest BCUT2D eigenvalue weighted by molar-refractivity contribution is 0.561. The van der Waals surface area contributed by atoms with E-state index < -0.39 is 11.4 Å². The summed E-state index contributed by atoms with van der Waals surface area (Å²) in [5.41, 5.74) is 2.50. The van der Waals surface area contributed by atoms with Crippen molar-refractivity contribution in [1.82, 2.24) is 9.97 Å². The Morgan fingerprint density at radius 2 is 2.17 bits per heavy atom. The van der Waals surface area contributed by atoms with Crippen molar-refractivity contribution < 1.29 is 4.55 Å². The van der Waals surface area contributed by atoms with Gasteiger partial charge < -0.3 is 9.54 Å². The molecule has 1 N–H and O–H groups in total. The number of nitrogens with one attached hydrogen (secondary N) is 1. The van der Waals surface area contributed by atoms with Gasteiger partial charge in [-0.2, -0.15) is 0 Å². The maximum Gasteiger partial charge on any atom is 0.144 e. The van der Waals surface area contributed by atoms with E-state index in [0.717, 1.165) is 22.3 Å². The topological polar surface area (TPSA) is 64.1 Å². The fourth-order valence-corrected chi connectivity index (χ4v) is 2.08. The number of aromatic amines is 1. The summed E-state index contributed by atoms with van der Waals surface area (Å²) < 4.78 is 15.9. The zero-order valence-electron chi connectivity index (χ0n) is 11.0. The van der Waals surface area contributed by atoms with Crippen LogP contribution in [0.5, 0.6) is 0 Å². The number of rotatable bonds is 2. The highest BCUT2D eigenvalue weighted by molar-refractivity contribution is 7.91. The Morgan fingerprint density at radius 1 is 1.44 bits per heavy atom. The third-order valence-corrected chi connectivity index (χ3v) is 4.05. The minimum absolute atomic E-state index is 0.340. The molecule has 5 heteroatoms. The molecular formula is C13H17N3OS. The van der Waals surface area contributed by atoms with Crippen molar-refractivity contribution in [3.63, 3.8) is 0 Å². The van der Waals surface area contributed by atoms with Crippen molar-refractivity contribution in [3.8, 4) is 0 Å². The van der Waals surface area contributed by atoms with Gasteiger partial charge in [0, 0.05) is 23.3 Å². The van der Waals surface area contributed by atoms with E-state index in [-0.39, 0.29) is 4.75 Å². The van der Waals surface area contributed by atoms with E-state index in [0.29, 0.717) is 0 Å². The van der Waals surface area contributed by atoms with Gasteiger partial charge >= 0.3 is 0 Å². The predicted molar refractivity (Wildman–Crippen MR) is 76.2 cm³/mol. The van der Waals surface area contributed by atoms with Crippen LogP contribution in [0.3, 0.4) is 0 Å². The van der Waals surface area contributed by atoms with Gasteiger partial charge in [-0.05, 0) is 39.8 Å². The van der Waals surface area contributed by atoms with E-state index in [1.54, 1.807) is 6.20 Å². The molecule has 0 bridgehead atoms. The minimum atomic E-state index is -1.24. The Hall–Kier alpha value is -1.33. The molecule has 2 aromatic heterocycles. The highest BCUT2D eigenvalue weighted by Gasteiger charge is 2.26. The first kappa shape index (κ1) is 13.1. The molecule has 4 nitrogen and oxygen atoms in total. The quantitative estimate of drug-likeness (QED) is 0.669. The summed E-state index contributed by atoms with van der Waals surface area (Å²) in [6.45, 7) is 7.59. The van der Waals surface area contributed by atoms with E-state index in [2.05, 4.69) is 14.4 Å². The number of hydrogen-bond donors (Lipinski definition) is 1. The summed E-state index contributed by atoms with van der Waals surface area (Å²) in [4.78, 5) is 7.34. The maximum absolute atomic E-state index is 12.0. The second-order valence-electron chi connectivity index (χ2n) is 5.18. The van der Waals surface area contributed by atoms with E-state index in [9.17, 15) is 4.55 Å². The average Bonchev–Trinajstić information content (AvgIpc) is 2.74. The molecule has 18 heavy (non-hydrogen) atoms. The fourth-order valence-electron chi connectivity index (χ4n) is 1.45. The van der Waals surface area contributed by atoms with E-state index in [1.807, 2.05) is 46.0 Å². The summed E-state index contributed by atoms with van der Waals surface area (Å²) in [7, 11) is 0. The molecule has 0 fully saturated rings. The van der Waals surface area contributed by atoms with E-state index in [4.69, 9.17) is 0 Å². The van der Waals surface area contributed by atoms with Crippen molar-refractivity contribution >= 4 is 28.1 Å². The normalized spacial score (nSPS) is 15.1. The maximum atomic E-state index is 12.0. The van der Waals surface area contributed by atoms with Crippen LogP contribution in [0, 0.1) is 0 Å². The first-order valence-electron chi connectivity index (χ1n) is 5.79. The standard InChI is InChI=1S/C13H17N3OS/c1-9(16-18(17)13(2,3)4)11-7-10-5-6-14-12(10)15-8-11/h5-8H,1-4H3,(H,14,15)/b16-9+/t18-/m0/s1. The average molecular weight is 263 g/mol. The highest BCUT2D eigenvalue weighted by Crippen LogP contribution is 2.19. The van der Waals surface area contributed by atoms with E-state index >= 15 is 0 Å². The van der Waals surface area contributed by atoms with Gasteiger partial charge in [0.25, 0.3) is 0 Å². The van der Waals surface area contributed by atoms with E-state index in [1.165, 1.54) is 0 Å². The lowest BCUT2D eigenvalue weighted by Crippen LogP contribution is -2.26. The van der Waals surface area contributed by atoms with Crippen LogP contribution in [0.25, 0.3) is 11.0 Å². The van der Waals surface area contributed by atoms with Crippen molar-refractivity contribution in [1.29, 1.82) is 0 Å². The van der Waals surface area contributed by atoms with Crippen LogP contribution >= 0.6 is 0 Å². The smallest absolute Gasteiger partial charge is 0.144 e. The molecule has 0 aromatic carbocycles. The number of H-pyrrole nitrogens is 1. The van der Waals surface area contributed by atoms with Crippen LogP contribution in [0.4, 0.5) is 0 Å². The van der Waals surface area contributed by atoms with Crippen LogP contribution in [0.1, 0.15) is 33.3 Å². The summed E-state index contributed by atoms with van der Waals surface area (Å²) in [5.74, 6) is 0. The Morgan fingerprint density at radius 3 is 2.83 bits per heavy atom. The number of aromatic nitrogens is 2. The van der Waals surface area contributed by atoms with Crippen LogP contribution < -0.4 is 0 Å². The van der Waals surface area contributed by atoms with Crippen LogP contribution in [0.15, 0.2) is 28.9 Å². The summed E-state index contributed by atoms with van der Waals surface area (Å²) in [5, 5.41) is 1.03. The molecule has 0 aliphatic carbocycles. The van der Waals surface area contributed by atoms with Gasteiger partial charge in [0.1, 0.15) is 21.8 Å². The third-order valence-electron chi connectivity index (χ3n) is 2.56. The molecule has 2 heterocycles. The largest absolute Gasteiger partial charge is 0.591 e.